The molecule has 0 saturated heterocycles. The Bertz CT molecular complexity index is 502. The molecule has 4 nitrogen and oxygen atoms in total. The van der Waals surface area contributed by atoms with Gasteiger partial charge in [0.2, 0.25) is 5.88 Å². The van der Waals surface area contributed by atoms with Crippen LogP contribution in [0.3, 0.4) is 0 Å². The SMILES string of the molecule is COc1ccc(C(O)c2cncc(F)c2)cn1. The van der Waals surface area contributed by atoms with Crippen LogP contribution in [-0.4, -0.2) is 22.2 Å². The van der Waals surface area contributed by atoms with Gasteiger partial charge in [0, 0.05) is 29.6 Å². The maximum Gasteiger partial charge on any atom is 0.212 e. The molecule has 5 heteroatoms. The molecule has 0 bridgehead atoms. The summed E-state index contributed by atoms with van der Waals surface area (Å²) >= 11 is 0. The third-order valence-electron chi connectivity index (χ3n) is 2.33. The van der Waals surface area contributed by atoms with Crippen LogP contribution >= 0.6 is 0 Å². The van der Waals surface area contributed by atoms with Crippen LogP contribution < -0.4 is 4.74 Å². The summed E-state index contributed by atoms with van der Waals surface area (Å²) in [6, 6.07) is 4.54. The standard InChI is InChI=1S/C12H11FN2O2/c1-17-11-3-2-8(6-15-11)12(16)9-4-10(13)7-14-5-9/h2-7,12,16H,1H3. The average molecular weight is 234 g/mol. The van der Waals surface area contributed by atoms with Crippen LogP contribution in [0.2, 0.25) is 0 Å². The number of methoxy groups -OCH3 is 1. The highest BCUT2D eigenvalue weighted by atomic mass is 19.1. The Morgan fingerprint density at radius 1 is 1.24 bits per heavy atom. The Hall–Kier alpha value is -2.01. The molecule has 0 aromatic carbocycles. The quantitative estimate of drug-likeness (QED) is 0.878. The predicted octanol–water partition coefficient (Wildman–Crippen LogP) is 1.71. The molecule has 2 rings (SSSR count). The number of pyridine rings is 2. The van der Waals surface area contributed by atoms with E-state index in [1.54, 1.807) is 12.1 Å². The summed E-state index contributed by atoms with van der Waals surface area (Å²) in [4.78, 5) is 7.65. The largest absolute Gasteiger partial charge is 0.481 e. The molecule has 0 radical (unpaired) electrons. The lowest BCUT2D eigenvalue weighted by molar-refractivity contribution is 0.218. The summed E-state index contributed by atoms with van der Waals surface area (Å²) in [5.41, 5.74) is 0.940. The zero-order valence-corrected chi connectivity index (χ0v) is 9.17. The predicted molar refractivity (Wildman–Crippen MR) is 59.0 cm³/mol. The van der Waals surface area contributed by atoms with E-state index < -0.39 is 11.9 Å². The van der Waals surface area contributed by atoms with Crippen LogP contribution in [-0.2, 0) is 0 Å². The molecule has 0 aliphatic heterocycles. The van der Waals surface area contributed by atoms with Crippen molar-refractivity contribution in [2.24, 2.45) is 0 Å². The van der Waals surface area contributed by atoms with Crippen LogP contribution in [0.15, 0.2) is 36.8 Å². The van der Waals surface area contributed by atoms with Crippen molar-refractivity contribution in [3.05, 3.63) is 53.7 Å². The van der Waals surface area contributed by atoms with Gasteiger partial charge in [-0.25, -0.2) is 9.37 Å². The second-order valence-electron chi connectivity index (χ2n) is 3.47. The summed E-state index contributed by atoms with van der Waals surface area (Å²) in [5.74, 6) is -0.0265. The molecule has 17 heavy (non-hydrogen) atoms. The maximum atomic E-state index is 13.0. The Morgan fingerprint density at radius 2 is 2.06 bits per heavy atom. The number of rotatable bonds is 3. The highest BCUT2D eigenvalue weighted by molar-refractivity contribution is 5.28. The van der Waals surface area contributed by atoms with Crippen molar-refractivity contribution in [2.45, 2.75) is 6.10 Å². The van der Waals surface area contributed by atoms with Gasteiger partial charge >= 0.3 is 0 Å². The van der Waals surface area contributed by atoms with E-state index in [-0.39, 0.29) is 0 Å². The molecule has 0 fully saturated rings. The van der Waals surface area contributed by atoms with Gasteiger partial charge in [-0.15, -0.1) is 0 Å². The van der Waals surface area contributed by atoms with Crippen molar-refractivity contribution >= 4 is 0 Å². The summed E-state index contributed by atoms with van der Waals surface area (Å²) in [5, 5.41) is 9.99. The highest BCUT2D eigenvalue weighted by Crippen LogP contribution is 2.22. The fourth-order valence-electron chi connectivity index (χ4n) is 1.44. The molecule has 2 aromatic heterocycles. The van der Waals surface area contributed by atoms with Gasteiger partial charge < -0.3 is 9.84 Å². The van der Waals surface area contributed by atoms with Gasteiger partial charge in [0.25, 0.3) is 0 Å². The number of hydrogen-bond acceptors (Lipinski definition) is 4. The van der Waals surface area contributed by atoms with Crippen LogP contribution in [0.5, 0.6) is 5.88 Å². The molecule has 0 spiro atoms. The van der Waals surface area contributed by atoms with E-state index in [4.69, 9.17) is 4.74 Å². The van der Waals surface area contributed by atoms with E-state index in [0.717, 1.165) is 6.20 Å². The molecule has 1 atom stereocenters. The first-order valence-corrected chi connectivity index (χ1v) is 4.99. The first kappa shape index (κ1) is 11.5. The monoisotopic (exact) mass is 234 g/mol. The lowest BCUT2D eigenvalue weighted by Gasteiger charge is -2.10. The van der Waals surface area contributed by atoms with Gasteiger partial charge in [-0.3, -0.25) is 4.98 Å². The Kier molecular flexibility index (Phi) is 3.30. The van der Waals surface area contributed by atoms with Gasteiger partial charge in [-0.05, 0) is 12.1 Å². The molecule has 1 N–H and O–H groups in total. The number of hydrogen-bond donors (Lipinski definition) is 1. The van der Waals surface area contributed by atoms with E-state index in [2.05, 4.69) is 9.97 Å². The molecular weight excluding hydrogens is 223 g/mol. The fraction of sp³-hybridized carbons (Fsp3) is 0.167. The number of ether oxygens (including phenoxy) is 1. The molecule has 2 aromatic rings. The molecule has 0 amide bonds. The summed E-state index contributed by atoms with van der Waals surface area (Å²) in [7, 11) is 1.51. The molecular formula is C12H11FN2O2. The van der Waals surface area contributed by atoms with Gasteiger partial charge in [-0.2, -0.15) is 0 Å². The third-order valence-corrected chi connectivity index (χ3v) is 2.33. The Morgan fingerprint density at radius 3 is 2.65 bits per heavy atom. The minimum Gasteiger partial charge on any atom is -0.481 e. The zero-order valence-electron chi connectivity index (χ0n) is 9.17. The molecule has 0 aliphatic carbocycles. The van der Waals surface area contributed by atoms with E-state index >= 15 is 0 Å². The van der Waals surface area contributed by atoms with E-state index in [1.165, 1.54) is 25.6 Å². The summed E-state index contributed by atoms with van der Waals surface area (Å²) in [6.45, 7) is 0. The fourth-order valence-corrected chi connectivity index (χ4v) is 1.44. The third kappa shape index (κ3) is 2.57. The van der Waals surface area contributed by atoms with E-state index in [0.29, 0.717) is 17.0 Å². The summed E-state index contributed by atoms with van der Waals surface area (Å²) < 4.78 is 17.9. The normalized spacial score (nSPS) is 12.2. The Labute approximate surface area is 97.7 Å². The minimum absolute atomic E-state index is 0.386. The zero-order chi connectivity index (χ0) is 12.3. The lowest BCUT2D eigenvalue weighted by Crippen LogP contribution is -2.01. The van der Waals surface area contributed by atoms with Crippen molar-refractivity contribution in [1.29, 1.82) is 0 Å². The Balaban J connectivity index is 2.27. The summed E-state index contributed by atoms with van der Waals surface area (Å²) in [6.07, 6.45) is 3.03. The topological polar surface area (TPSA) is 55.2 Å². The van der Waals surface area contributed by atoms with Gasteiger partial charge in [0.15, 0.2) is 0 Å². The van der Waals surface area contributed by atoms with Crippen LogP contribution in [0.4, 0.5) is 4.39 Å². The van der Waals surface area contributed by atoms with Crippen molar-refractivity contribution in [1.82, 2.24) is 9.97 Å². The lowest BCUT2D eigenvalue weighted by atomic mass is 10.1. The van der Waals surface area contributed by atoms with Crippen LogP contribution in [0.1, 0.15) is 17.2 Å². The van der Waals surface area contributed by atoms with E-state index in [1.807, 2.05) is 0 Å². The van der Waals surface area contributed by atoms with E-state index in [9.17, 15) is 9.50 Å². The first-order valence-electron chi connectivity index (χ1n) is 4.99. The molecule has 0 saturated carbocycles. The maximum absolute atomic E-state index is 13.0. The molecule has 88 valence electrons. The van der Waals surface area contributed by atoms with Gasteiger partial charge in [-0.1, -0.05) is 0 Å². The number of aliphatic hydroxyl groups excluding tert-OH is 1. The van der Waals surface area contributed by atoms with Gasteiger partial charge in [0.1, 0.15) is 11.9 Å². The smallest absolute Gasteiger partial charge is 0.212 e. The highest BCUT2D eigenvalue weighted by Gasteiger charge is 2.12. The second-order valence-corrected chi connectivity index (χ2v) is 3.47. The first-order chi connectivity index (χ1) is 8.20. The number of aromatic nitrogens is 2. The number of aliphatic hydroxyl groups is 1. The van der Waals surface area contributed by atoms with Gasteiger partial charge in [0.05, 0.1) is 13.3 Å². The van der Waals surface area contributed by atoms with Crippen molar-refractivity contribution < 1.29 is 14.2 Å². The van der Waals surface area contributed by atoms with Crippen LogP contribution in [0, 0.1) is 5.82 Å². The minimum atomic E-state index is -0.948. The van der Waals surface area contributed by atoms with Crippen molar-refractivity contribution in [2.75, 3.05) is 7.11 Å². The molecule has 2 heterocycles. The average Bonchev–Trinajstić information content (AvgIpc) is 2.38. The van der Waals surface area contributed by atoms with Crippen molar-refractivity contribution in [3.8, 4) is 5.88 Å². The number of nitrogens with zero attached hydrogens (tertiary/aromatic N) is 2. The molecule has 0 aliphatic rings. The number of halogens is 1. The van der Waals surface area contributed by atoms with Crippen LogP contribution in [0.25, 0.3) is 0 Å². The second kappa shape index (κ2) is 4.88. The van der Waals surface area contributed by atoms with Crippen molar-refractivity contribution in [3.63, 3.8) is 0 Å². The molecule has 1 unspecified atom stereocenters.